The smallest absolute Gasteiger partial charge is 0.375 e. The third-order valence-electron chi connectivity index (χ3n) is 5.80. The second-order valence-corrected chi connectivity index (χ2v) is 9.11. The molecular formula is C24H19F3N6O2S. The van der Waals surface area contributed by atoms with Crippen molar-refractivity contribution in [2.45, 2.75) is 18.2 Å². The number of aromatic nitrogens is 4. The molecule has 3 aromatic heterocycles. The van der Waals surface area contributed by atoms with E-state index in [0.29, 0.717) is 34.9 Å². The normalized spacial score (nSPS) is 18.0. The van der Waals surface area contributed by atoms with Gasteiger partial charge in [0.15, 0.2) is 5.60 Å². The Bertz CT molecular complexity index is 1440. The average molecular weight is 513 g/mol. The molecule has 1 aromatic carbocycles. The van der Waals surface area contributed by atoms with E-state index >= 15 is 0 Å². The Hall–Kier alpha value is -3.90. The first-order valence-corrected chi connectivity index (χ1v) is 11.7. The van der Waals surface area contributed by atoms with Crippen molar-refractivity contribution in [3.8, 4) is 22.0 Å². The zero-order valence-electron chi connectivity index (χ0n) is 18.8. The van der Waals surface area contributed by atoms with Gasteiger partial charge < -0.3 is 15.3 Å². The highest BCUT2D eigenvalue weighted by molar-refractivity contribution is 7.13. The van der Waals surface area contributed by atoms with Gasteiger partial charge in [0, 0.05) is 37.2 Å². The van der Waals surface area contributed by atoms with Crippen molar-refractivity contribution in [3.05, 3.63) is 71.4 Å². The van der Waals surface area contributed by atoms with Crippen LogP contribution in [-0.4, -0.2) is 49.4 Å². The molecular weight excluding hydrogens is 493 g/mol. The summed E-state index contributed by atoms with van der Waals surface area (Å²) in [6.45, 7) is 0.473. The summed E-state index contributed by atoms with van der Waals surface area (Å²) in [5.41, 5.74) is -0.336. The van der Waals surface area contributed by atoms with Gasteiger partial charge in [-0.3, -0.25) is 4.79 Å². The van der Waals surface area contributed by atoms with E-state index in [0.717, 1.165) is 11.6 Å². The maximum atomic E-state index is 12.9. The van der Waals surface area contributed by atoms with Gasteiger partial charge in [-0.2, -0.15) is 13.2 Å². The highest BCUT2D eigenvalue weighted by Gasteiger charge is 2.45. The number of aliphatic hydroxyl groups is 1. The maximum absolute atomic E-state index is 12.9. The van der Waals surface area contributed by atoms with E-state index < -0.39 is 17.5 Å². The number of hydrogen-bond donors (Lipinski definition) is 2. The Morgan fingerprint density at radius 2 is 1.89 bits per heavy atom. The minimum Gasteiger partial charge on any atom is -0.375 e. The van der Waals surface area contributed by atoms with Crippen molar-refractivity contribution >= 4 is 29.0 Å². The van der Waals surface area contributed by atoms with Crippen LogP contribution in [0.25, 0.3) is 22.0 Å². The first-order valence-electron chi connectivity index (χ1n) is 10.8. The number of carbonyl (C=O) groups excluding carboxylic acids is 1. The predicted octanol–water partition coefficient (Wildman–Crippen LogP) is 4.47. The van der Waals surface area contributed by atoms with E-state index in [1.807, 2.05) is 6.07 Å². The van der Waals surface area contributed by atoms with Crippen LogP contribution >= 0.6 is 11.3 Å². The molecule has 36 heavy (non-hydrogen) atoms. The zero-order valence-corrected chi connectivity index (χ0v) is 19.6. The molecule has 0 saturated carbocycles. The van der Waals surface area contributed by atoms with E-state index in [-0.39, 0.29) is 17.7 Å². The molecule has 1 aliphatic heterocycles. The van der Waals surface area contributed by atoms with E-state index in [2.05, 4.69) is 25.3 Å². The van der Waals surface area contributed by atoms with Gasteiger partial charge in [-0.15, -0.1) is 11.3 Å². The van der Waals surface area contributed by atoms with Gasteiger partial charge in [0.25, 0.3) is 5.91 Å². The molecule has 1 atom stereocenters. The fourth-order valence-corrected chi connectivity index (χ4v) is 4.70. The Morgan fingerprint density at radius 1 is 1.08 bits per heavy atom. The molecule has 12 heteroatoms. The van der Waals surface area contributed by atoms with Crippen LogP contribution in [0.2, 0.25) is 0 Å². The minimum atomic E-state index is -4.56. The third-order valence-corrected chi connectivity index (χ3v) is 6.69. The number of likely N-dealkylation sites (tertiary alicyclic amines) is 1. The molecule has 8 nitrogen and oxygen atoms in total. The highest BCUT2D eigenvalue weighted by Crippen LogP contribution is 2.36. The summed E-state index contributed by atoms with van der Waals surface area (Å²) in [6.07, 6.45) is -2.78. The van der Waals surface area contributed by atoms with Crippen molar-refractivity contribution < 1.29 is 23.1 Å². The summed E-state index contributed by atoms with van der Waals surface area (Å²) in [7, 11) is 1.66. The van der Waals surface area contributed by atoms with Crippen molar-refractivity contribution in [2.75, 3.05) is 18.9 Å². The minimum absolute atomic E-state index is 0.0391. The van der Waals surface area contributed by atoms with Crippen LogP contribution in [0.1, 0.15) is 17.7 Å². The number of thiazole rings is 1. The van der Waals surface area contributed by atoms with Crippen LogP contribution in [-0.2, 0) is 16.6 Å². The number of anilines is 2. The van der Waals surface area contributed by atoms with Crippen molar-refractivity contribution in [2.24, 2.45) is 0 Å². The molecule has 1 aliphatic rings. The van der Waals surface area contributed by atoms with Crippen LogP contribution in [0, 0.1) is 0 Å². The number of alkyl halides is 3. The van der Waals surface area contributed by atoms with Crippen LogP contribution in [0.5, 0.6) is 0 Å². The summed E-state index contributed by atoms with van der Waals surface area (Å²) in [4.78, 5) is 30.6. The summed E-state index contributed by atoms with van der Waals surface area (Å²) >= 11 is 1.36. The van der Waals surface area contributed by atoms with E-state index in [1.165, 1.54) is 34.6 Å². The van der Waals surface area contributed by atoms with Crippen molar-refractivity contribution in [1.82, 2.24) is 24.8 Å². The lowest BCUT2D eigenvalue weighted by atomic mass is 9.91. The van der Waals surface area contributed by atoms with E-state index in [9.17, 15) is 23.1 Å². The molecule has 2 N–H and O–H groups in total. The number of nitrogens with zero attached hydrogens (tertiary/aromatic N) is 5. The largest absolute Gasteiger partial charge is 0.433 e. The van der Waals surface area contributed by atoms with Gasteiger partial charge >= 0.3 is 6.18 Å². The Labute approximate surface area is 207 Å². The topological polar surface area (TPSA) is 104 Å². The van der Waals surface area contributed by atoms with Gasteiger partial charge in [-0.1, -0.05) is 24.3 Å². The number of amides is 1. The predicted molar refractivity (Wildman–Crippen MR) is 127 cm³/mol. The number of benzene rings is 1. The molecule has 0 radical (unpaired) electrons. The molecule has 0 aliphatic carbocycles. The SMILES string of the molecule is CN1CC[C@@](O)(c2cccc(-c3nc(-c4ccnc(Nc5cccc(C(F)(F)F)n5)n4)cs3)c2)C1=O. The number of halogens is 3. The number of carbonyl (C=O) groups is 1. The monoisotopic (exact) mass is 512 g/mol. The second kappa shape index (κ2) is 8.95. The molecule has 184 valence electrons. The molecule has 1 fully saturated rings. The van der Waals surface area contributed by atoms with Crippen molar-refractivity contribution in [1.29, 1.82) is 0 Å². The summed E-state index contributed by atoms with van der Waals surface area (Å²) in [5, 5.41) is 16.1. The van der Waals surface area contributed by atoms with Crippen molar-refractivity contribution in [3.63, 3.8) is 0 Å². The Kier molecular flexibility index (Phi) is 5.92. The standard InChI is InChI=1S/C24H19F3N6O2S/c1-33-11-9-23(35,21(33)34)15-5-2-4-14(12-15)20-29-17(13-36-20)16-8-10-28-22(30-16)32-19-7-3-6-18(31-19)24(25,26)27/h2-8,10,12-13,35H,9,11H2,1H3,(H,28,30,31,32)/t23-/m1/s1. The molecule has 0 bridgehead atoms. The fourth-order valence-electron chi connectivity index (χ4n) is 3.89. The number of pyridine rings is 1. The lowest BCUT2D eigenvalue weighted by Gasteiger charge is -2.21. The number of rotatable bonds is 5. The molecule has 1 saturated heterocycles. The van der Waals surface area contributed by atoms with E-state index in [4.69, 9.17) is 0 Å². The maximum Gasteiger partial charge on any atom is 0.433 e. The van der Waals surface area contributed by atoms with Gasteiger partial charge in [-0.05, 0) is 29.8 Å². The summed E-state index contributed by atoms with van der Waals surface area (Å²) in [5.74, 6) is -0.305. The molecule has 4 aromatic rings. The van der Waals surface area contributed by atoms with Gasteiger partial charge in [0.05, 0.1) is 5.69 Å². The molecule has 4 heterocycles. The fraction of sp³-hybridized carbons (Fsp3) is 0.208. The van der Waals surface area contributed by atoms with Crippen LogP contribution in [0.3, 0.4) is 0 Å². The van der Waals surface area contributed by atoms with E-state index in [1.54, 1.807) is 36.7 Å². The molecule has 1 amide bonds. The first kappa shape index (κ1) is 23.8. The zero-order chi connectivity index (χ0) is 25.5. The second-order valence-electron chi connectivity index (χ2n) is 8.25. The van der Waals surface area contributed by atoms with Crippen LogP contribution in [0.4, 0.5) is 24.9 Å². The van der Waals surface area contributed by atoms with Gasteiger partial charge in [-0.25, -0.2) is 19.9 Å². The van der Waals surface area contributed by atoms with Crippen LogP contribution < -0.4 is 5.32 Å². The summed E-state index contributed by atoms with van der Waals surface area (Å²) in [6, 6.07) is 12.2. The first-order chi connectivity index (χ1) is 17.1. The van der Waals surface area contributed by atoms with Gasteiger partial charge in [0.2, 0.25) is 5.95 Å². The molecule has 5 rings (SSSR count). The van der Waals surface area contributed by atoms with Crippen LogP contribution in [0.15, 0.2) is 60.1 Å². The lowest BCUT2D eigenvalue weighted by Crippen LogP contribution is -2.36. The molecule has 0 unspecified atom stereocenters. The summed E-state index contributed by atoms with van der Waals surface area (Å²) < 4.78 is 38.8. The lowest BCUT2D eigenvalue weighted by molar-refractivity contribution is -0.143. The Morgan fingerprint density at radius 3 is 2.64 bits per heavy atom. The number of hydrogen-bond acceptors (Lipinski definition) is 8. The highest BCUT2D eigenvalue weighted by atomic mass is 32.1. The quantitative estimate of drug-likeness (QED) is 0.407. The third kappa shape index (κ3) is 4.52. The molecule has 0 spiro atoms. The average Bonchev–Trinajstić information content (AvgIpc) is 3.46. The van der Waals surface area contributed by atoms with Gasteiger partial charge in [0.1, 0.15) is 22.2 Å². The number of nitrogens with one attached hydrogen (secondary N) is 1. The Balaban J connectivity index is 1.39. The number of likely N-dealkylation sites (N-methyl/N-ethyl adjacent to an activating group) is 1.